The smallest absolute Gasteiger partial charge is 0.227 e. The highest BCUT2D eigenvalue weighted by atomic mass is 16.2. The number of carbonyl (C=O) groups is 2. The molecule has 2 aliphatic heterocycles. The number of piperidine rings is 1. The minimum atomic E-state index is -0.0125. The van der Waals surface area contributed by atoms with E-state index in [0.29, 0.717) is 19.0 Å². The van der Waals surface area contributed by atoms with Gasteiger partial charge in [-0.2, -0.15) is 0 Å². The van der Waals surface area contributed by atoms with E-state index in [4.69, 9.17) is 0 Å². The molecular formula is C19H26N4O2. The van der Waals surface area contributed by atoms with Gasteiger partial charge in [0.1, 0.15) is 5.82 Å². The van der Waals surface area contributed by atoms with Crippen LogP contribution in [-0.2, 0) is 9.59 Å². The summed E-state index contributed by atoms with van der Waals surface area (Å²) in [5.41, 5.74) is 0.754. The molecule has 0 atom stereocenters. The topological polar surface area (TPSA) is 65.5 Å². The van der Waals surface area contributed by atoms with E-state index in [0.717, 1.165) is 50.3 Å². The molecule has 1 aromatic heterocycles. The number of nitrogens with one attached hydrogen (secondary N) is 1. The summed E-state index contributed by atoms with van der Waals surface area (Å²) in [5.74, 6) is 1.59. The third-order valence-corrected chi connectivity index (χ3v) is 5.55. The molecule has 134 valence electrons. The number of hydrogen-bond donors (Lipinski definition) is 1. The van der Waals surface area contributed by atoms with Crippen LogP contribution in [0.25, 0.3) is 0 Å². The zero-order valence-corrected chi connectivity index (χ0v) is 14.6. The molecule has 4 rings (SSSR count). The van der Waals surface area contributed by atoms with Gasteiger partial charge in [-0.15, -0.1) is 0 Å². The van der Waals surface area contributed by atoms with Gasteiger partial charge < -0.3 is 15.1 Å². The number of rotatable bonds is 4. The first-order chi connectivity index (χ1) is 12.2. The maximum atomic E-state index is 12.5. The van der Waals surface area contributed by atoms with Gasteiger partial charge in [0.05, 0.1) is 11.9 Å². The number of nitrogens with zero attached hydrogens (tertiary/aromatic N) is 3. The minimum absolute atomic E-state index is 0.0125. The van der Waals surface area contributed by atoms with Crippen molar-refractivity contribution in [2.24, 2.45) is 11.8 Å². The van der Waals surface area contributed by atoms with E-state index in [1.54, 1.807) is 6.20 Å². The van der Waals surface area contributed by atoms with Crippen LogP contribution in [0.5, 0.6) is 0 Å². The second kappa shape index (κ2) is 7.02. The molecule has 2 amide bonds. The monoisotopic (exact) mass is 342 g/mol. The largest absolute Gasteiger partial charge is 0.357 e. The van der Waals surface area contributed by atoms with Crippen molar-refractivity contribution in [1.29, 1.82) is 0 Å². The van der Waals surface area contributed by atoms with Crippen LogP contribution in [0.3, 0.4) is 0 Å². The number of amides is 2. The molecule has 1 aromatic rings. The predicted octanol–water partition coefficient (Wildman–Crippen LogP) is 2.27. The quantitative estimate of drug-likeness (QED) is 0.912. The van der Waals surface area contributed by atoms with Crippen molar-refractivity contribution in [2.45, 2.75) is 38.5 Å². The van der Waals surface area contributed by atoms with Crippen molar-refractivity contribution in [3.8, 4) is 0 Å². The van der Waals surface area contributed by atoms with Crippen LogP contribution in [-0.4, -0.2) is 47.9 Å². The highest BCUT2D eigenvalue weighted by molar-refractivity contribution is 5.92. The van der Waals surface area contributed by atoms with Crippen molar-refractivity contribution in [3.63, 3.8) is 0 Å². The van der Waals surface area contributed by atoms with Crippen LogP contribution in [0.4, 0.5) is 11.5 Å². The first-order valence-corrected chi connectivity index (χ1v) is 9.51. The Labute approximate surface area is 148 Å². The first-order valence-electron chi connectivity index (χ1n) is 9.51. The zero-order chi connectivity index (χ0) is 17.2. The van der Waals surface area contributed by atoms with Gasteiger partial charge in [-0.25, -0.2) is 4.98 Å². The first kappa shape index (κ1) is 16.4. The van der Waals surface area contributed by atoms with Crippen LogP contribution >= 0.6 is 0 Å². The van der Waals surface area contributed by atoms with Gasteiger partial charge in [-0.1, -0.05) is 0 Å². The van der Waals surface area contributed by atoms with Crippen molar-refractivity contribution in [2.75, 3.05) is 36.4 Å². The highest BCUT2D eigenvalue weighted by Crippen LogP contribution is 2.32. The molecule has 3 fully saturated rings. The Morgan fingerprint density at radius 3 is 2.28 bits per heavy atom. The average molecular weight is 342 g/mol. The molecular weight excluding hydrogens is 316 g/mol. The molecule has 6 heteroatoms. The standard InChI is InChI=1S/C19H26N4O2/c24-18(14-7-11-23(12-8-14)19(25)15-3-4-15)21-16-5-6-17(20-13-16)22-9-1-2-10-22/h5-6,13-15H,1-4,7-12H2,(H,21,24). The molecule has 1 saturated carbocycles. The summed E-state index contributed by atoms with van der Waals surface area (Å²) >= 11 is 0. The van der Waals surface area contributed by atoms with Gasteiger partial charge in [0.15, 0.2) is 0 Å². The average Bonchev–Trinajstić information content (AvgIpc) is 3.36. The Hall–Kier alpha value is -2.11. The third-order valence-electron chi connectivity index (χ3n) is 5.55. The Balaban J connectivity index is 1.27. The maximum absolute atomic E-state index is 12.5. The molecule has 0 unspecified atom stereocenters. The second-order valence-corrected chi connectivity index (χ2v) is 7.46. The van der Waals surface area contributed by atoms with Gasteiger partial charge in [-0.3, -0.25) is 9.59 Å². The van der Waals surface area contributed by atoms with Crippen LogP contribution in [0, 0.1) is 11.8 Å². The molecule has 25 heavy (non-hydrogen) atoms. The van der Waals surface area contributed by atoms with E-state index in [2.05, 4.69) is 15.2 Å². The molecule has 0 aromatic carbocycles. The highest BCUT2D eigenvalue weighted by Gasteiger charge is 2.35. The lowest BCUT2D eigenvalue weighted by Gasteiger charge is -2.31. The number of carbonyl (C=O) groups excluding carboxylic acids is 2. The predicted molar refractivity (Wildman–Crippen MR) is 96.3 cm³/mol. The summed E-state index contributed by atoms with van der Waals surface area (Å²) in [5, 5.41) is 2.99. The minimum Gasteiger partial charge on any atom is -0.357 e. The molecule has 3 aliphatic rings. The Morgan fingerprint density at radius 2 is 1.68 bits per heavy atom. The molecule has 1 N–H and O–H groups in total. The van der Waals surface area contributed by atoms with Gasteiger partial charge in [0.25, 0.3) is 0 Å². The van der Waals surface area contributed by atoms with E-state index < -0.39 is 0 Å². The zero-order valence-electron chi connectivity index (χ0n) is 14.6. The normalized spacial score (nSPS) is 21.4. The second-order valence-electron chi connectivity index (χ2n) is 7.46. The van der Waals surface area contributed by atoms with Crippen molar-refractivity contribution < 1.29 is 9.59 Å². The fourth-order valence-electron chi connectivity index (χ4n) is 3.79. The summed E-state index contributed by atoms with van der Waals surface area (Å²) in [6.07, 6.45) is 7.79. The number of aromatic nitrogens is 1. The molecule has 3 heterocycles. The van der Waals surface area contributed by atoms with E-state index in [9.17, 15) is 9.59 Å². The summed E-state index contributed by atoms with van der Waals surface area (Å²) in [4.78, 5) is 33.3. The Bertz CT molecular complexity index is 627. The molecule has 2 saturated heterocycles. The summed E-state index contributed by atoms with van der Waals surface area (Å²) in [6, 6.07) is 3.92. The van der Waals surface area contributed by atoms with Gasteiger partial charge in [-0.05, 0) is 50.7 Å². The van der Waals surface area contributed by atoms with Crippen LogP contribution in [0.15, 0.2) is 18.3 Å². The summed E-state index contributed by atoms with van der Waals surface area (Å²) in [7, 11) is 0. The lowest BCUT2D eigenvalue weighted by Crippen LogP contribution is -2.42. The van der Waals surface area contributed by atoms with Gasteiger partial charge in [0, 0.05) is 38.0 Å². The third kappa shape index (κ3) is 3.78. The SMILES string of the molecule is O=C(Nc1ccc(N2CCCC2)nc1)C1CCN(C(=O)C2CC2)CC1. The van der Waals surface area contributed by atoms with Crippen LogP contribution in [0.2, 0.25) is 0 Å². The van der Waals surface area contributed by atoms with E-state index in [1.807, 2.05) is 17.0 Å². The number of pyridine rings is 1. The number of likely N-dealkylation sites (tertiary alicyclic amines) is 1. The molecule has 0 spiro atoms. The van der Waals surface area contributed by atoms with E-state index >= 15 is 0 Å². The lowest BCUT2D eigenvalue weighted by atomic mass is 9.95. The van der Waals surface area contributed by atoms with Crippen LogP contribution in [0.1, 0.15) is 38.5 Å². The Morgan fingerprint density at radius 1 is 0.960 bits per heavy atom. The lowest BCUT2D eigenvalue weighted by molar-refractivity contribution is -0.135. The van der Waals surface area contributed by atoms with Crippen molar-refractivity contribution >= 4 is 23.3 Å². The maximum Gasteiger partial charge on any atom is 0.227 e. The van der Waals surface area contributed by atoms with Crippen molar-refractivity contribution in [3.05, 3.63) is 18.3 Å². The molecule has 0 bridgehead atoms. The summed E-state index contributed by atoms with van der Waals surface area (Å²) < 4.78 is 0. The van der Waals surface area contributed by atoms with Crippen LogP contribution < -0.4 is 10.2 Å². The Kier molecular flexibility index (Phi) is 4.59. The molecule has 0 radical (unpaired) electrons. The molecule has 6 nitrogen and oxygen atoms in total. The molecule has 1 aliphatic carbocycles. The van der Waals surface area contributed by atoms with Gasteiger partial charge in [0.2, 0.25) is 11.8 Å². The number of anilines is 2. The fourth-order valence-corrected chi connectivity index (χ4v) is 3.79. The summed E-state index contributed by atoms with van der Waals surface area (Å²) in [6.45, 7) is 3.55. The number of hydrogen-bond acceptors (Lipinski definition) is 4. The van der Waals surface area contributed by atoms with Gasteiger partial charge >= 0.3 is 0 Å². The van der Waals surface area contributed by atoms with E-state index in [1.165, 1.54) is 12.8 Å². The fraction of sp³-hybridized carbons (Fsp3) is 0.632. The van der Waals surface area contributed by atoms with E-state index in [-0.39, 0.29) is 17.7 Å². The van der Waals surface area contributed by atoms with Crippen molar-refractivity contribution in [1.82, 2.24) is 9.88 Å².